The Bertz CT molecular complexity index is 1240. The zero-order valence-corrected chi connectivity index (χ0v) is 18.6. The molecule has 0 saturated carbocycles. The number of halogens is 3. The molecule has 0 amide bonds. The van der Waals surface area contributed by atoms with E-state index >= 15 is 0 Å². The van der Waals surface area contributed by atoms with Gasteiger partial charge in [-0.15, -0.1) is 0 Å². The number of rotatable bonds is 6. The van der Waals surface area contributed by atoms with Crippen molar-refractivity contribution in [2.24, 2.45) is 0 Å². The van der Waals surface area contributed by atoms with E-state index in [1.807, 2.05) is 18.9 Å². The van der Waals surface area contributed by atoms with Gasteiger partial charge in [0, 0.05) is 43.3 Å². The van der Waals surface area contributed by atoms with E-state index in [1.165, 1.54) is 18.2 Å². The molecule has 0 aliphatic carbocycles. The lowest BCUT2D eigenvalue weighted by molar-refractivity contribution is 0.153. The van der Waals surface area contributed by atoms with Gasteiger partial charge in [-0.25, -0.2) is 25.6 Å². The van der Waals surface area contributed by atoms with Crippen LogP contribution in [0.4, 0.5) is 18.9 Å². The molecular weight excluding hydrogens is 443 g/mol. The van der Waals surface area contributed by atoms with Crippen LogP contribution in [0.2, 0.25) is 0 Å². The number of anilines is 1. The van der Waals surface area contributed by atoms with Crippen molar-refractivity contribution in [2.45, 2.75) is 18.2 Å². The van der Waals surface area contributed by atoms with Gasteiger partial charge in [0.25, 0.3) is 16.4 Å². The average molecular weight is 468 g/mol. The average Bonchev–Trinajstić information content (AvgIpc) is 3.14. The Labute approximate surface area is 184 Å². The van der Waals surface area contributed by atoms with Crippen molar-refractivity contribution in [1.82, 2.24) is 8.87 Å². The van der Waals surface area contributed by atoms with Crippen LogP contribution in [0, 0.1) is 5.82 Å². The van der Waals surface area contributed by atoms with Crippen LogP contribution in [0.15, 0.2) is 47.5 Å². The predicted molar refractivity (Wildman–Crippen MR) is 117 cm³/mol. The van der Waals surface area contributed by atoms with Gasteiger partial charge in [-0.3, -0.25) is 0 Å². The van der Waals surface area contributed by atoms with Crippen molar-refractivity contribution >= 4 is 26.6 Å². The number of piperazine rings is 1. The largest absolute Gasteiger partial charge is 0.492 e. The minimum Gasteiger partial charge on any atom is -0.492 e. The third kappa shape index (κ3) is 4.04. The van der Waals surface area contributed by atoms with Gasteiger partial charge < -0.3 is 14.5 Å². The van der Waals surface area contributed by atoms with Gasteiger partial charge in [-0.2, -0.15) is 0 Å². The number of ether oxygens (including phenoxy) is 1. The molecule has 2 aromatic carbocycles. The second-order valence-electron chi connectivity index (χ2n) is 7.70. The second kappa shape index (κ2) is 8.67. The Morgan fingerprint density at radius 3 is 2.44 bits per heavy atom. The number of nitrogens with zero attached hydrogens (tertiary/aromatic N) is 3. The van der Waals surface area contributed by atoms with E-state index in [9.17, 15) is 21.6 Å². The number of aromatic nitrogens is 1. The molecule has 1 aliphatic heterocycles. The highest BCUT2D eigenvalue weighted by Crippen LogP contribution is 2.36. The van der Waals surface area contributed by atoms with Crippen LogP contribution in [0.1, 0.15) is 18.9 Å². The van der Waals surface area contributed by atoms with Crippen LogP contribution in [0.5, 0.6) is 5.75 Å². The third-order valence-corrected chi connectivity index (χ3v) is 7.30. The maximum Gasteiger partial charge on any atom is 0.268 e. The third-order valence-electron chi connectivity index (χ3n) is 5.63. The SMILES string of the molecule is CCOc1ccc(S(=O)(=O)n2cc(C(F)F)c3ccc(F)cc32)cc1N1CCN(C)CC1. The molecule has 0 bridgehead atoms. The molecule has 10 heteroatoms. The Kier molecular flexibility index (Phi) is 6.09. The quantitative estimate of drug-likeness (QED) is 0.546. The van der Waals surface area contributed by atoms with Gasteiger partial charge >= 0.3 is 0 Å². The van der Waals surface area contributed by atoms with Crippen molar-refractivity contribution in [2.75, 3.05) is 44.7 Å². The molecule has 1 fully saturated rings. The lowest BCUT2D eigenvalue weighted by Gasteiger charge is -2.35. The van der Waals surface area contributed by atoms with E-state index in [4.69, 9.17) is 4.74 Å². The lowest BCUT2D eigenvalue weighted by Crippen LogP contribution is -2.44. The predicted octanol–water partition coefficient (Wildman–Crippen LogP) is 4.11. The summed E-state index contributed by atoms with van der Waals surface area (Å²) in [6.45, 7) is 5.24. The van der Waals surface area contributed by atoms with E-state index in [2.05, 4.69) is 4.90 Å². The van der Waals surface area contributed by atoms with Crippen LogP contribution in [0.25, 0.3) is 10.9 Å². The summed E-state index contributed by atoms with van der Waals surface area (Å²) in [4.78, 5) is 4.13. The van der Waals surface area contributed by atoms with Crippen LogP contribution < -0.4 is 9.64 Å². The molecule has 0 spiro atoms. The van der Waals surface area contributed by atoms with Crippen molar-refractivity contribution in [3.8, 4) is 5.75 Å². The lowest BCUT2D eigenvalue weighted by atomic mass is 10.2. The molecule has 6 nitrogen and oxygen atoms in total. The molecule has 0 atom stereocenters. The summed E-state index contributed by atoms with van der Waals surface area (Å²) in [5, 5.41) is -0.00444. The number of benzene rings is 2. The van der Waals surface area contributed by atoms with E-state index in [-0.39, 0.29) is 15.8 Å². The van der Waals surface area contributed by atoms with E-state index in [0.29, 0.717) is 31.1 Å². The number of alkyl halides is 2. The van der Waals surface area contributed by atoms with E-state index in [0.717, 1.165) is 35.4 Å². The Hall–Kier alpha value is -2.72. The summed E-state index contributed by atoms with van der Waals surface area (Å²) < 4.78 is 74.4. The monoisotopic (exact) mass is 467 g/mol. The van der Waals surface area contributed by atoms with Crippen molar-refractivity contribution < 1.29 is 26.3 Å². The summed E-state index contributed by atoms with van der Waals surface area (Å²) >= 11 is 0. The van der Waals surface area contributed by atoms with Gasteiger partial charge in [-0.1, -0.05) is 0 Å². The standard InChI is InChI=1S/C22H24F3N3O3S/c1-3-31-21-7-5-16(13-20(21)27-10-8-26(2)9-11-27)32(29,30)28-14-18(22(24)25)17-6-4-15(23)12-19(17)28/h4-7,12-14,22H,3,8-11H2,1-2H3. The minimum absolute atomic E-state index is 0.00444. The first-order valence-electron chi connectivity index (χ1n) is 10.3. The van der Waals surface area contributed by atoms with Crippen LogP contribution >= 0.6 is 0 Å². The molecule has 172 valence electrons. The Balaban J connectivity index is 1.84. The topological polar surface area (TPSA) is 54.8 Å². The van der Waals surface area contributed by atoms with Gasteiger partial charge in [0.2, 0.25) is 0 Å². The van der Waals surface area contributed by atoms with E-state index < -0.39 is 27.8 Å². The van der Waals surface area contributed by atoms with Crippen molar-refractivity contribution in [3.63, 3.8) is 0 Å². The summed E-state index contributed by atoms with van der Waals surface area (Å²) in [6.07, 6.45) is -2.03. The second-order valence-corrected chi connectivity index (χ2v) is 9.52. The number of likely N-dealkylation sites (N-methyl/N-ethyl adjacent to an activating group) is 1. The van der Waals surface area contributed by atoms with Gasteiger partial charge in [-0.05, 0) is 50.4 Å². The molecule has 0 unspecified atom stereocenters. The zero-order valence-electron chi connectivity index (χ0n) is 17.8. The molecule has 0 radical (unpaired) electrons. The first kappa shape index (κ1) is 22.5. The summed E-state index contributed by atoms with van der Waals surface area (Å²) in [6, 6.07) is 7.62. The maximum atomic E-state index is 13.9. The molecule has 4 rings (SSSR count). The Morgan fingerprint density at radius 1 is 1.06 bits per heavy atom. The van der Waals surface area contributed by atoms with Gasteiger partial charge in [0.05, 0.1) is 22.7 Å². The highest BCUT2D eigenvalue weighted by Gasteiger charge is 2.27. The smallest absolute Gasteiger partial charge is 0.268 e. The van der Waals surface area contributed by atoms with E-state index in [1.54, 1.807) is 6.07 Å². The van der Waals surface area contributed by atoms with Gasteiger partial charge in [0.15, 0.2) is 0 Å². The molecule has 2 heterocycles. The Morgan fingerprint density at radius 2 is 1.78 bits per heavy atom. The maximum absolute atomic E-state index is 13.9. The molecule has 3 aromatic rings. The molecule has 1 aliphatic rings. The first-order chi connectivity index (χ1) is 15.2. The van der Waals surface area contributed by atoms with Crippen molar-refractivity contribution in [1.29, 1.82) is 0 Å². The zero-order chi connectivity index (χ0) is 23.0. The summed E-state index contributed by atoms with van der Waals surface area (Å²) in [5.41, 5.74) is 0.0295. The van der Waals surface area contributed by atoms with Crippen LogP contribution in [0.3, 0.4) is 0 Å². The molecular formula is C22H24F3N3O3S. The number of hydrogen-bond donors (Lipinski definition) is 0. The highest BCUT2D eigenvalue weighted by atomic mass is 32.2. The normalized spacial score (nSPS) is 15.6. The molecule has 0 N–H and O–H groups in total. The molecule has 32 heavy (non-hydrogen) atoms. The minimum atomic E-state index is -4.27. The fourth-order valence-electron chi connectivity index (χ4n) is 3.91. The van der Waals surface area contributed by atoms with Crippen LogP contribution in [-0.4, -0.2) is 57.1 Å². The fourth-order valence-corrected chi connectivity index (χ4v) is 5.30. The van der Waals surface area contributed by atoms with Crippen molar-refractivity contribution in [3.05, 3.63) is 54.0 Å². The first-order valence-corrected chi connectivity index (χ1v) is 11.7. The summed E-state index contributed by atoms with van der Waals surface area (Å²) in [5.74, 6) is -0.162. The number of hydrogen-bond acceptors (Lipinski definition) is 5. The van der Waals surface area contributed by atoms with Gasteiger partial charge in [0.1, 0.15) is 11.6 Å². The fraction of sp³-hybridized carbons (Fsp3) is 0.364. The summed E-state index contributed by atoms with van der Waals surface area (Å²) in [7, 11) is -2.26. The molecule has 1 saturated heterocycles. The molecule has 1 aromatic heterocycles. The highest BCUT2D eigenvalue weighted by molar-refractivity contribution is 7.90. The van der Waals surface area contributed by atoms with Crippen LogP contribution in [-0.2, 0) is 10.0 Å². The number of fused-ring (bicyclic) bond motifs is 1.